The fourth-order valence-electron chi connectivity index (χ4n) is 2.33. The molecule has 0 radical (unpaired) electrons. The van der Waals surface area contributed by atoms with E-state index in [1.807, 2.05) is 40.9 Å². The van der Waals surface area contributed by atoms with E-state index in [1.54, 1.807) is 4.68 Å². The van der Waals surface area contributed by atoms with Crippen LogP contribution in [0.1, 0.15) is 41.2 Å². The topological polar surface area (TPSA) is 73.0 Å². The molecule has 2 heterocycles. The molecule has 0 fully saturated rings. The van der Waals surface area contributed by atoms with E-state index >= 15 is 0 Å². The lowest BCUT2D eigenvalue weighted by atomic mass is 10.1. The number of rotatable bonds is 4. The molecular weight excluding hydrogens is 256 g/mol. The van der Waals surface area contributed by atoms with Gasteiger partial charge in [0, 0.05) is 24.4 Å². The second-order valence-electron chi connectivity index (χ2n) is 5.11. The lowest BCUT2D eigenvalue weighted by Gasteiger charge is -2.13. The van der Waals surface area contributed by atoms with Crippen LogP contribution in [0, 0.1) is 20.8 Å². The van der Waals surface area contributed by atoms with Crippen LogP contribution in [0.4, 0.5) is 0 Å². The third-order valence-electron chi connectivity index (χ3n) is 3.41. The molecule has 0 bridgehead atoms. The van der Waals surface area contributed by atoms with E-state index in [9.17, 15) is 4.79 Å². The minimum absolute atomic E-state index is 0.0462. The van der Waals surface area contributed by atoms with Gasteiger partial charge in [-0.25, -0.2) is 0 Å². The first kappa shape index (κ1) is 14.3. The van der Waals surface area contributed by atoms with Crippen LogP contribution in [0.25, 0.3) is 0 Å². The highest BCUT2D eigenvalue weighted by Crippen LogP contribution is 2.17. The van der Waals surface area contributed by atoms with Gasteiger partial charge in [0.05, 0.1) is 23.9 Å². The molecular formula is C14H20N4O2. The van der Waals surface area contributed by atoms with E-state index in [2.05, 4.69) is 15.6 Å². The molecule has 2 aromatic heterocycles. The molecule has 1 amide bonds. The number of aryl methyl sites for hydroxylation is 4. The van der Waals surface area contributed by atoms with Gasteiger partial charge in [0.25, 0.3) is 0 Å². The average molecular weight is 276 g/mol. The Kier molecular flexibility index (Phi) is 3.92. The van der Waals surface area contributed by atoms with Crippen molar-refractivity contribution in [2.24, 2.45) is 7.05 Å². The molecule has 0 aliphatic rings. The third kappa shape index (κ3) is 2.89. The standard InChI is InChI=1S/C14H20N4O2/c1-8(13-7-18(5)16-9(13)2)15-14(19)6-12-10(3)17-20-11(12)4/h7-8H,6H2,1-5H3,(H,15,19). The third-order valence-corrected chi connectivity index (χ3v) is 3.41. The monoisotopic (exact) mass is 276 g/mol. The predicted molar refractivity (Wildman–Crippen MR) is 74.2 cm³/mol. The maximum atomic E-state index is 12.1. The molecule has 2 rings (SSSR count). The zero-order valence-corrected chi connectivity index (χ0v) is 12.5. The summed E-state index contributed by atoms with van der Waals surface area (Å²) in [6, 6.07) is -0.0725. The number of hydrogen-bond donors (Lipinski definition) is 1. The highest BCUT2D eigenvalue weighted by atomic mass is 16.5. The van der Waals surface area contributed by atoms with Crippen molar-refractivity contribution in [2.45, 2.75) is 40.2 Å². The van der Waals surface area contributed by atoms with E-state index < -0.39 is 0 Å². The summed E-state index contributed by atoms with van der Waals surface area (Å²) in [7, 11) is 1.87. The van der Waals surface area contributed by atoms with Gasteiger partial charge >= 0.3 is 0 Å². The number of nitrogens with one attached hydrogen (secondary N) is 1. The van der Waals surface area contributed by atoms with Gasteiger partial charge in [0.2, 0.25) is 5.91 Å². The van der Waals surface area contributed by atoms with E-state index in [0.29, 0.717) is 5.76 Å². The average Bonchev–Trinajstić information content (AvgIpc) is 2.85. The van der Waals surface area contributed by atoms with Gasteiger partial charge in [-0.1, -0.05) is 5.16 Å². The first-order valence-electron chi connectivity index (χ1n) is 6.59. The summed E-state index contributed by atoms with van der Waals surface area (Å²) >= 11 is 0. The Hall–Kier alpha value is -2.11. The molecule has 108 valence electrons. The Labute approximate surface area is 118 Å². The van der Waals surface area contributed by atoms with Crippen LogP contribution in [-0.4, -0.2) is 20.8 Å². The van der Waals surface area contributed by atoms with Gasteiger partial charge in [-0.05, 0) is 27.7 Å². The SMILES string of the molecule is Cc1nn(C)cc1C(C)NC(=O)Cc1c(C)noc1C. The maximum absolute atomic E-state index is 12.1. The minimum Gasteiger partial charge on any atom is -0.361 e. The fourth-order valence-corrected chi connectivity index (χ4v) is 2.33. The number of carbonyl (C=O) groups excluding carboxylic acids is 1. The molecule has 0 aromatic carbocycles. The molecule has 20 heavy (non-hydrogen) atoms. The zero-order valence-electron chi connectivity index (χ0n) is 12.5. The maximum Gasteiger partial charge on any atom is 0.225 e. The van der Waals surface area contributed by atoms with Crippen molar-refractivity contribution in [3.05, 3.63) is 34.5 Å². The molecule has 6 nitrogen and oxygen atoms in total. The highest BCUT2D eigenvalue weighted by molar-refractivity contribution is 5.79. The van der Waals surface area contributed by atoms with Crippen molar-refractivity contribution < 1.29 is 9.32 Å². The first-order chi connectivity index (χ1) is 9.38. The van der Waals surface area contributed by atoms with E-state index in [1.165, 1.54) is 0 Å². The number of hydrogen-bond acceptors (Lipinski definition) is 4. The van der Waals surface area contributed by atoms with Crippen molar-refractivity contribution in [3.63, 3.8) is 0 Å². The second-order valence-corrected chi connectivity index (χ2v) is 5.11. The summed E-state index contributed by atoms with van der Waals surface area (Å²) in [4.78, 5) is 12.1. The Morgan fingerprint density at radius 2 is 2.10 bits per heavy atom. The predicted octanol–water partition coefficient (Wildman–Crippen LogP) is 1.75. The summed E-state index contributed by atoms with van der Waals surface area (Å²) in [6.45, 7) is 7.55. The Morgan fingerprint density at radius 3 is 2.60 bits per heavy atom. The Bertz CT molecular complexity index is 608. The summed E-state index contributed by atoms with van der Waals surface area (Å²) < 4.78 is 6.82. The first-order valence-corrected chi connectivity index (χ1v) is 6.59. The molecule has 0 spiro atoms. The second kappa shape index (κ2) is 5.48. The van der Waals surface area contributed by atoms with Crippen molar-refractivity contribution in [1.29, 1.82) is 0 Å². The normalized spacial score (nSPS) is 12.4. The van der Waals surface area contributed by atoms with Crippen LogP contribution in [0.2, 0.25) is 0 Å². The molecule has 6 heteroatoms. The molecule has 0 aliphatic heterocycles. The van der Waals surface area contributed by atoms with Gasteiger partial charge in [-0.15, -0.1) is 0 Å². The van der Waals surface area contributed by atoms with Crippen LogP contribution in [0.15, 0.2) is 10.7 Å². The fraction of sp³-hybridized carbons (Fsp3) is 0.500. The largest absolute Gasteiger partial charge is 0.361 e. The van der Waals surface area contributed by atoms with Crippen LogP contribution in [0.5, 0.6) is 0 Å². The lowest BCUT2D eigenvalue weighted by molar-refractivity contribution is -0.121. The van der Waals surface area contributed by atoms with Gasteiger partial charge in [0.15, 0.2) is 0 Å². The zero-order chi connectivity index (χ0) is 14.9. The van der Waals surface area contributed by atoms with E-state index in [-0.39, 0.29) is 18.4 Å². The number of carbonyl (C=O) groups is 1. The summed E-state index contributed by atoms with van der Waals surface area (Å²) in [6.07, 6.45) is 2.21. The number of aromatic nitrogens is 3. The van der Waals surface area contributed by atoms with Crippen LogP contribution < -0.4 is 5.32 Å². The molecule has 0 saturated heterocycles. The number of amides is 1. The highest BCUT2D eigenvalue weighted by Gasteiger charge is 2.17. The van der Waals surface area contributed by atoms with Crippen molar-refractivity contribution in [1.82, 2.24) is 20.3 Å². The Balaban J connectivity index is 2.03. The summed E-state index contributed by atoms with van der Waals surface area (Å²) in [5, 5.41) is 11.1. The molecule has 0 aliphatic carbocycles. The van der Waals surface area contributed by atoms with Crippen LogP contribution in [-0.2, 0) is 18.3 Å². The molecule has 1 atom stereocenters. The van der Waals surface area contributed by atoms with Gasteiger partial charge in [0.1, 0.15) is 5.76 Å². The molecule has 1 unspecified atom stereocenters. The van der Waals surface area contributed by atoms with Crippen molar-refractivity contribution in [3.8, 4) is 0 Å². The number of nitrogens with zero attached hydrogens (tertiary/aromatic N) is 3. The quantitative estimate of drug-likeness (QED) is 0.923. The minimum atomic E-state index is -0.0725. The molecule has 0 saturated carbocycles. The van der Waals surface area contributed by atoms with Crippen molar-refractivity contribution >= 4 is 5.91 Å². The Morgan fingerprint density at radius 1 is 1.40 bits per heavy atom. The molecule has 1 N–H and O–H groups in total. The van der Waals surface area contributed by atoms with E-state index in [0.717, 1.165) is 22.5 Å². The summed E-state index contributed by atoms with van der Waals surface area (Å²) in [5.41, 5.74) is 3.58. The molecule has 2 aromatic rings. The van der Waals surface area contributed by atoms with Gasteiger partial charge in [-0.3, -0.25) is 9.48 Å². The summed E-state index contributed by atoms with van der Waals surface area (Å²) in [5.74, 6) is 0.651. The van der Waals surface area contributed by atoms with Crippen LogP contribution in [0.3, 0.4) is 0 Å². The van der Waals surface area contributed by atoms with Gasteiger partial charge in [-0.2, -0.15) is 5.10 Å². The van der Waals surface area contributed by atoms with Crippen molar-refractivity contribution in [2.75, 3.05) is 0 Å². The van der Waals surface area contributed by atoms with Gasteiger partial charge < -0.3 is 9.84 Å². The van der Waals surface area contributed by atoms with E-state index in [4.69, 9.17) is 4.52 Å². The lowest BCUT2D eigenvalue weighted by Crippen LogP contribution is -2.28. The van der Waals surface area contributed by atoms with Crippen LogP contribution >= 0.6 is 0 Å². The smallest absolute Gasteiger partial charge is 0.225 e.